The standard InChI is InChI=1S/C20H17N7O2/c21-19-24-18(27-14-4-2-1-3-13(14)23-20(27)25-19)12-10-22-26-17(12)11-5-6-15-16(9-11)29-8-7-28-15/h1-6,9-10,18H,7-8H2,(H,22,26)(H3,21,23,24,25). The van der Waals surface area contributed by atoms with E-state index in [9.17, 15) is 0 Å². The molecule has 0 radical (unpaired) electrons. The van der Waals surface area contributed by atoms with Crippen molar-refractivity contribution in [2.45, 2.75) is 6.17 Å². The largest absolute Gasteiger partial charge is 0.486 e. The Kier molecular flexibility index (Phi) is 3.31. The normalized spacial score (nSPS) is 17.5. The van der Waals surface area contributed by atoms with Gasteiger partial charge >= 0.3 is 0 Å². The lowest BCUT2D eigenvalue weighted by atomic mass is 10.0. The topological polar surface area (TPSA) is 115 Å². The number of aromatic amines is 1. The van der Waals surface area contributed by atoms with Gasteiger partial charge in [0.1, 0.15) is 13.2 Å². The summed E-state index contributed by atoms with van der Waals surface area (Å²) in [5.41, 5.74) is 10.6. The van der Waals surface area contributed by atoms with Crippen LogP contribution >= 0.6 is 0 Å². The molecule has 2 aliphatic heterocycles. The van der Waals surface area contributed by atoms with Gasteiger partial charge in [0.25, 0.3) is 0 Å². The predicted molar refractivity (Wildman–Crippen MR) is 108 cm³/mol. The molecule has 0 aliphatic carbocycles. The molecule has 0 saturated heterocycles. The van der Waals surface area contributed by atoms with Crippen LogP contribution in [0.2, 0.25) is 0 Å². The average Bonchev–Trinajstić information content (AvgIpc) is 3.37. The van der Waals surface area contributed by atoms with Crippen LogP contribution in [0.4, 0.5) is 5.95 Å². The number of benzene rings is 2. The highest BCUT2D eigenvalue weighted by atomic mass is 16.6. The molecule has 1 atom stereocenters. The van der Waals surface area contributed by atoms with Crippen molar-refractivity contribution in [2.24, 2.45) is 10.7 Å². The second-order valence-electron chi connectivity index (χ2n) is 6.87. The highest BCUT2D eigenvalue weighted by Gasteiger charge is 2.28. The van der Waals surface area contributed by atoms with E-state index >= 15 is 0 Å². The summed E-state index contributed by atoms with van der Waals surface area (Å²) >= 11 is 0. The highest BCUT2D eigenvalue weighted by molar-refractivity contribution is 5.95. The first-order valence-electron chi connectivity index (χ1n) is 9.28. The minimum Gasteiger partial charge on any atom is -0.486 e. The van der Waals surface area contributed by atoms with Gasteiger partial charge in [-0.1, -0.05) is 12.1 Å². The molecule has 29 heavy (non-hydrogen) atoms. The van der Waals surface area contributed by atoms with E-state index in [-0.39, 0.29) is 0 Å². The van der Waals surface area contributed by atoms with Crippen molar-refractivity contribution in [3.63, 3.8) is 0 Å². The summed E-state index contributed by atoms with van der Waals surface area (Å²) in [6.07, 6.45) is 1.37. The summed E-state index contributed by atoms with van der Waals surface area (Å²) in [6, 6.07) is 13.8. The number of H-pyrrole nitrogens is 1. The summed E-state index contributed by atoms with van der Waals surface area (Å²) in [5.74, 6) is 2.43. The second-order valence-corrected chi connectivity index (χ2v) is 6.87. The molecule has 2 aromatic heterocycles. The summed E-state index contributed by atoms with van der Waals surface area (Å²) in [6.45, 7) is 1.09. The Hall–Kier alpha value is -4.01. The van der Waals surface area contributed by atoms with Gasteiger partial charge in [-0.3, -0.25) is 15.0 Å². The van der Waals surface area contributed by atoms with Crippen LogP contribution in [0.1, 0.15) is 11.7 Å². The van der Waals surface area contributed by atoms with E-state index in [1.807, 2.05) is 47.0 Å². The zero-order valence-corrected chi connectivity index (χ0v) is 15.3. The fraction of sp³-hybridized carbons (Fsp3) is 0.150. The summed E-state index contributed by atoms with van der Waals surface area (Å²) < 4.78 is 13.4. The van der Waals surface area contributed by atoms with Gasteiger partial charge in [-0.25, -0.2) is 9.98 Å². The molecule has 1 unspecified atom stereocenters. The Morgan fingerprint density at radius 2 is 1.93 bits per heavy atom. The number of ether oxygens (including phenoxy) is 2. The summed E-state index contributed by atoms with van der Waals surface area (Å²) in [5, 5.41) is 10.4. The highest BCUT2D eigenvalue weighted by Crippen LogP contribution is 2.39. The molecule has 2 aromatic carbocycles. The van der Waals surface area contributed by atoms with Crippen molar-refractivity contribution >= 4 is 22.9 Å². The molecular formula is C20H17N7O2. The van der Waals surface area contributed by atoms with Gasteiger partial charge in [-0.15, -0.1) is 0 Å². The monoisotopic (exact) mass is 387 g/mol. The Morgan fingerprint density at radius 1 is 1.07 bits per heavy atom. The van der Waals surface area contributed by atoms with Crippen molar-refractivity contribution in [3.8, 4) is 22.8 Å². The molecule has 6 rings (SSSR count). The van der Waals surface area contributed by atoms with Gasteiger partial charge in [0.15, 0.2) is 23.6 Å². The Balaban J connectivity index is 1.51. The summed E-state index contributed by atoms with van der Waals surface area (Å²) in [4.78, 5) is 9.30. The SMILES string of the molecule is NC1=NC(c2cn[nH]c2-c2ccc3c(c2)OCCO3)n2c(nc3ccccc32)N1. The van der Waals surface area contributed by atoms with Crippen LogP contribution in [0, 0.1) is 0 Å². The smallest absolute Gasteiger partial charge is 0.212 e. The van der Waals surface area contributed by atoms with Gasteiger partial charge in [-0.2, -0.15) is 5.10 Å². The molecule has 9 heteroatoms. The van der Waals surface area contributed by atoms with Crippen LogP contribution < -0.4 is 20.5 Å². The fourth-order valence-corrected chi connectivity index (χ4v) is 3.85. The first-order valence-corrected chi connectivity index (χ1v) is 9.28. The van der Waals surface area contributed by atoms with Crippen LogP contribution in [-0.4, -0.2) is 38.9 Å². The maximum Gasteiger partial charge on any atom is 0.212 e. The zero-order valence-electron chi connectivity index (χ0n) is 15.3. The lowest BCUT2D eigenvalue weighted by Crippen LogP contribution is -2.31. The number of rotatable bonds is 2. The van der Waals surface area contributed by atoms with Gasteiger partial charge in [-0.05, 0) is 30.3 Å². The minimum atomic E-state index is -0.402. The Labute approximate surface area is 165 Å². The lowest BCUT2D eigenvalue weighted by Gasteiger charge is -2.24. The number of hydrogen-bond donors (Lipinski definition) is 3. The molecule has 144 valence electrons. The molecule has 2 aliphatic rings. The van der Waals surface area contributed by atoms with Gasteiger partial charge < -0.3 is 15.2 Å². The predicted octanol–water partition coefficient (Wildman–Crippen LogP) is 2.48. The number of anilines is 1. The van der Waals surface area contributed by atoms with E-state index in [4.69, 9.17) is 15.2 Å². The van der Waals surface area contributed by atoms with Crippen molar-refractivity contribution < 1.29 is 9.47 Å². The third kappa shape index (κ3) is 2.44. The number of nitrogens with two attached hydrogens (primary N) is 1. The number of aromatic nitrogens is 4. The Morgan fingerprint density at radius 3 is 2.86 bits per heavy atom. The molecule has 9 nitrogen and oxygen atoms in total. The third-order valence-electron chi connectivity index (χ3n) is 5.12. The average molecular weight is 387 g/mol. The molecule has 0 fully saturated rings. The molecule has 4 heterocycles. The lowest BCUT2D eigenvalue weighted by molar-refractivity contribution is 0.171. The van der Waals surface area contributed by atoms with Crippen LogP contribution in [0.3, 0.4) is 0 Å². The van der Waals surface area contributed by atoms with Crippen LogP contribution in [0.15, 0.2) is 53.7 Å². The molecule has 0 spiro atoms. The van der Waals surface area contributed by atoms with Gasteiger partial charge in [0.2, 0.25) is 5.95 Å². The number of imidazole rings is 1. The molecular weight excluding hydrogens is 370 g/mol. The number of fused-ring (bicyclic) bond motifs is 4. The molecule has 0 saturated carbocycles. The van der Waals surface area contributed by atoms with Crippen LogP contribution in [0.25, 0.3) is 22.3 Å². The number of hydrogen-bond acceptors (Lipinski definition) is 7. The maximum absolute atomic E-state index is 6.07. The van der Waals surface area contributed by atoms with E-state index in [0.717, 1.165) is 39.4 Å². The minimum absolute atomic E-state index is 0.312. The number of nitrogens with one attached hydrogen (secondary N) is 2. The number of para-hydroxylation sites is 2. The first kappa shape index (κ1) is 16.0. The number of nitrogens with zero attached hydrogens (tertiary/aromatic N) is 4. The molecule has 0 bridgehead atoms. The molecule has 4 aromatic rings. The maximum atomic E-state index is 6.07. The fourth-order valence-electron chi connectivity index (χ4n) is 3.85. The van der Waals surface area contributed by atoms with Crippen LogP contribution in [-0.2, 0) is 0 Å². The van der Waals surface area contributed by atoms with Crippen LogP contribution in [0.5, 0.6) is 11.5 Å². The van der Waals surface area contributed by atoms with E-state index in [0.29, 0.717) is 25.1 Å². The number of aliphatic imine (C=N–C) groups is 1. The van der Waals surface area contributed by atoms with Gasteiger partial charge in [0.05, 0.1) is 22.9 Å². The van der Waals surface area contributed by atoms with E-state index in [2.05, 4.69) is 25.5 Å². The van der Waals surface area contributed by atoms with E-state index in [1.54, 1.807) is 6.20 Å². The van der Waals surface area contributed by atoms with Gasteiger partial charge in [0, 0.05) is 11.1 Å². The van der Waals surface area contributed by atoms with E-state index in [1.165, 1.54) is 0 Å². The van der Waals surface area contributed by atoms with Crippen molar-refractivity contribution in [2.75, 3.05) is 18.5 Å². The molecule has 4 N–H and O–H groups in total. The Bertz CT molecular complexity index is 1270. The quantitative estimate of drug-likeness (QED) is 0.487. The van der Waals surface area contributed by atoms with Crippen molar-refractivity contribution in [1.82, 2.24) is 19.7 Å². The first-order chi connectivity index (χ1) is 14.3. The third-order valence-corrected chi connectivity index (χ3v) is 5.12. The van der Waals surface area contributed by atoms with E-state index < -0.39 is 6.17 Å². The molecule has 0 amide bonds. The summed E-state index contributed by atoms with van der Waals surface area (Å²) in [7, 11) is 0. The second kappa shape index (κ2) is 5.99. The van der Waals surface area contributed by atoms with Crippen molar-refractivity contribution in [3.05, 3.63) is 54.2 Å². The number of guanidine groups is 1. The van der Waals surface area contributed by atoms with Crippen molar-refractivity contribution in [1.29, 1.82) is 0 Å². The zero-order chi connectivity index (χ0) is 19.4.